The summed E-state index contributed by atoms with van der Waals surface area (Å²) in [5, 5.41) is 16.4. The van der Waals surface area contributed by atoms with Gasteiger partial charge in [0, 0.05) is 6.42 Å². The molecule has 2 heterocycles. The molecule has 8 heteroatoms. The third-order valence-corrected chi connectivity index (χ3v) is 3.18. The summed E-state index contributed by atoms with van der Waals surface area (Å²) in [5.74, 6) is -0.341. The molecule has 1 aromatic carbocycles. The van der Waals surface area contributed by atoms with Crippen molar-refractivity contribution in [2.75, 3.05) is 18.4 Å². The van der Waals surface area contributed by atoms with Gasteiger partial charge in [-0.05, 0) is 47.6 Å². The Labute approximate surface area is 114 Å². The second kappa shape index (κ2) is 5.33. The first kappa shape index (κ1) is 12.7. The summed E-state index contributed by atoms with van der Waals surface area (Å²) in [4.78, 5) is 11.8. The number of benzene rings is 1. The molecule has 0 atom stereocenters. The maximum atomic E-state index is 13.7. The van der Waals surface area contributed by atoms with Crippen molar-refractivity contribution in [3.05, 3.63) is 30.3 Å². The maximum Gasteiger partial charge on any atom is 0.224 e. The molecule has 1 aliphatic heterocycles. The molecule has 0 bridgehead atoms. The van der Waals surface area contributed by atoms with Crippen molar-refractivity contribution in [1.82, 2.24) is 25.5 Å². The lowest BCUT2D eigenvalue weighted by atomic mass is 9.99. The fraction of sp³-hybridized carbons (Fsp3) is 0.333. The number of tetrazole rings is 1. The van der Waals surface area contributed by atoms with Crippen LogP contribution in [-0.4, -0.2) is 39.2 Å². The van der Waals surface area contributed by atoms with Crippen molar-refractivity contribution in [3.63, 3.8) is 0 Å². The van der Waals surface area contributed by atoms with Crippen LogP contribution >= 0.6 is 0 Å². The van der Waals surface area contributed by atoms with Gasteiger partial charge in [0.15, 0.2) is 0 Å². The van der Waals surface area contributed by atoms with E-state index in [4.69, 9.17) is 0 Å². The van der Waals surface area contributed by atoms with Crippen LogP contribution in [-0.2, 0) is 4.79 Å². The molecule has 0 unspecified atom stereocenters. The molecule has 0 aliphatic carbocycles. The molecule has 104 valence electrons. The number of nitrogens with one attached hydrogen (secondary N) is 2. The van der Waals surface area contributed by atoms with E-state index < -0.39 is 5.82 Å². The highest BCUT2D eigenvalue weighted by Gasteiger charge is 2.20. The molecule has 0 saturated carbocycles. The highest BCUT2D eigenvalue weighted by molar-refractivity contribution is 5.91. The number of carbonyl (C=O) groups is 1. The summed E-state index contributed by atoms with van der Waals surface area (Å²) in [6, 6.07) is 4.32. The largest absolute Gasteiger partial charge is 0.324 e. The molecule has 7 nitrogen and oxygen atoms in total. The first-order chi connectivity index (χ1) is 9.72. The smallest absolute Gasteiger partial charge is 0.224 e. The van der Waals surface area contributed by atoms with Gasteiger partial charge in [-0.3, -0.25) is 4.79 Å². The Bertz CT molecular complexity index is 610. The summed E-state index contributed by atoms with van der Waals surface area (Å²) < 4.78 is 15.1. The average molecular weight is 276 g/mol. The van der Waals surface area contributed by atoms with Crippen LogP contribution in [0.15, 0.2) is 24.5 Å². The first-order valence-electron chi connectivity index (χ1n) is 6.26. The lowest BCUT2D eigenvalue weighted by Gasteiger charge is -2.26. The summed E-state index contributed by atoms with van der Waals surface area (Å²) in [7, 11) is 0. The zero-order valence-corrected chi connectivity index (χ0v) is 10.6. The molecule has 1 aromatic heterocycles. The Morgan fingerprint density at radius 1 is 1.50 bits per heavy atom. The van der Waals surface area contributed by atoms with Crippen molar-refractivity contribution in [3.8, 4) is 5.69 Å². The lowest BCUT2D eigenvalue weighted by molar-refractivity contribution is -0.117. The van der Waals surface area contributed by atoms with Crippen molar-refractivity contribution >= 4 is 11.6 Å². The van der Waals surface area contributed by atoms with E-state index in [1.54, 1.807) is 0 Å². The van der Waals surface area contributed by atoms with Gasteiger partial charge >= 0.3 is 0 Å². The molecule has 1 amide bonds. The van der Waals surface area contributed by atoms with E-state index in [9.17, 15) is 9.18 Å². The molecule has 1 fully saturated rings. The normalized spacial score (nSPS) is 14.8. The Kier molecular flexibility index (Phi) is 3.38. The zero-order valence-electron chi connectivity index (χ0n) is 10.6. The molecule has 0 radical (unpaired) electrons. The number of hydrogen-bond acceptors (Lipinski definition) is 5. The number of rotatable bonds is 4. The average Bonchev–Trinajstić information content (AvgIpc) is 2.90. The summed E-state index contributed by atoms with van der Waals surface area (Å²) in [6.45, 7) is 1.67. The summed E-state index contributed by atoms with van der Waals surface area (Å²) in [6.07, 6.45) is 1.79. The van der Waals surface area contributed by atoms with Crippen LogP contribution in [0.1, 0.15) is 6.42 Å². The van der Waals surface area contributed by atoms with E-state index in [1.165, 1.54) is 29.2 Å². The third kappa shape index (κ3) is 2.64. The van der Waals surface area contributed by atoms with Gasteiger partial charge < -0.3 is 10.6 Å². The van der Waals surface area contributed by atoms with Crippen LogP contribution in [0.3, 0.4) is 0 Å². The van der Waals surface area contributed by atoms with Gasteiger partial charge in [0.25, 0.3) is 0 Å². The Balaban J connectivity index is 1.74. The molecule has 20 heavy (non-hydrogen) atoms. The van der Waals surface area contributed by atoms with Crippen molar-refractivity contribution < 1.29 is 9.18 Å². The number of nitrogens with zero attached hydrogens (tertiary/aromatic N) is 4. The Hall–Kier alpha value is -2.35. The monoisotopic (exact) mass is 276 g/mol. The predicted molar refractivity (Wildman–Crippen MR) is 68.7 cm³/mol. The van der Waals surface area contributed by atoms with E-state index in [2.05, 4.69) is 26.2 Å². The Morgan fingerprint density at radius 3 is 3.00 bits per heavy atom. The molecule has 0 spiro atoms. The number of hydrogen-bond donors (Lipinski definition) is 2. The molecule has 1 aliphatic rings. The van der Waals surface area contributed by atoms with Crippen molar-refractivity contribution in [2.45, 2.75) is 6.42 Å². The quantitative estimate of drug-likeness (QED) is 0.841. The second-order valence-electron chi connectivity index (χ2n) is 4.70. The van der Waals surface area contributed by atoms with E-state index >= 15 is 0 Å². The minimum Gasteiger partial charge on any atom is -0.324 e. The third-order valence-electron chi connectivity index (χ3n) is 3.18. The first-order valence-corrected chi connectivity index (χ1v) is 6.26. The van der Waals surface area contributed by atoms with Crippen LogP contribution in [0.2, 0.25) is 0 Å². The van der Waals surface area contributed by atoms with Crippen LogP contribution in [0.25, 0.3) is 5.69 Å². The second-order valence-corrected chi connectivity index (χ2v) is 4.70. The number of amides is 1. The van der Waals surface area contributed by atoms with E-state index in [0.717, 1.165) is 13.1 Å². The highest BCUT2D eigenvalue weighted by atomic mass is 19.1. The van der Waals surface area contributed by atoms with Gasteiger partial charge in [-0.25, -0.2) is 9.07 Å². The highest BCUT2D eigenvalue weighted by Crippen LogP contribution is 2.19. The number of aromatic nitrogens is 4. The van der Waals surface area contributed by atoms with Gasteiger partial charge in [0.1, 0.15) is 12.1 Å². The van der Waals surface area contributed by atoms with Crippen LogP contribution < -0.4 is 10.6 Å². The topological polar surface area (TPSA) is 84.7 Å². The number of anilines is 1. The molecule has 1 saturated heterocycles. The SMILES string of the molecule is O=C(CC1CNC1)Nc1cc(-n2cnnn2)ccc1F. The van der Waals surface area contributed by atoms with E-state index in [1.807, 2.05) is 0 Å². The van der Waals surface area contributed by atoms with Gasteiger partial charge in [0.2, 0.25) is 5.91 Å². The van der Waals surface area contributed by atoms with Crippen molar-refractivity contribution in [2.24, 2.45) is 5.92 Å². The van der Waals surface area contributed by atoms with Gasteiger partial charge in [-0.2, -0.15) is 0 Å². The van der Waals surface area contributed by atoms with Gasteiger partial charge in [-0.1, -0.05) is 0 Å². The zero-order chi connectivity index (χ0) is 13.9. The fourth-order valence-electron chi connectivity index (χ4n) is 1.99. The van der Waals surface area contributed by atoms with Crippen LogP contribution in [0.4, 0.5) is 10.1 Å². The lowest BCUT2D eigenvalue weighted by Crippen LogP contribution is -2.43. The molecular formula is C12H13FN6O. The van der Waals surface area contributed by atoms with Crippen molar-refractivity contribution in [1.29, 1.82) is 0 Å². The molecule has 2 N–H and O–H groups in total. The predicted octanol–water partition coefficient (Wildman–Crippen LogP) is 0.349. The van der Waals surface area contributed by atoms with E-state index in [0.29, 0.717) is 18.0 Å². The maximum absolute atomic E-state index is 13.7. The van der Waals surface area contributed by atoms with Gasteiger partial charge in [0.05, 0.1) is 11.4 Å². The Morgan fingerprint density at radius 2 is 2.35 bits per heavy atom. The summed E-state index contributed by atoms with van der Waals surface area (Å²) in [5.41, 5.74) is 0.715. The standard InChI is InChI=1S/C12H13FN6O/c13-10-2-1-9(19-7-15-17-18-19)4-11(10)16-12(20)3-8-5-14-6-8/h1-2,4,7-8,14H,3,5-6H2,(H,16,20). The number of carbonyl (C=O) groups excluding carboxylic acids is 1. The molecule has 3 rings (SSSR count). The van der Waals surface area contributed by atoms with Crippen LogP contribution in [0, 0.1) is 11.7 Å². The fourth-order valence-corrected chi connectivity index (χ4v) is 1.99. The van der Waals surface area contributed by atoms with E-state index in [-0.39, 0.29) is 11.6 Å². The van der Waals surface area contributed by atoms with Crippen LogP contribution in [0.5, 0.6) is 0 Å². The van der Waals surface area contributed by atoms with Gasteiger partial charge in [-0.15, -0.1) is 5.10 Å². The minimum absolute atomic E-state index is 0.135. The molecular weight excluding hydrogens is 263 g/mol. The molecule has 2 aromatic rings. The summed E-state index contributed by atoms with van der Waals surface area (Å²) >= 11 is 0. The number of halogens is 1. The minimum atomic E-state index is -0.484.